The van der Waals surface area contributed by atoms with E-state index in [0.29, 0.717) is 11.4 Å². The van der Waals surface area contributed by atoms with E-state index >= 15 is 0 Å². The number of methoxy groups -OCH3 is 1. The molecular weight excluding hydrogens is 280 g/mol. The van der Waals surface area contributed by atoms with Crippen LogP contribution in [0.15, 0.2) is 34.9 Å². The average molecular weight is 292 g/mol. The SMILES string of the molecule is COc1cc(C(=O)Nc2cccc(OCC(=O)O)c2)on1. The predicted octanol–water partition coefficient (Wildman–Crippen LogP) is 1.40. The summed E-state index contributed by atoms with van der Waals surface area (Å²) in [6, 6.07) is 7.66. The molecule has 0 bridgehead atoms. The second-order valence-corrected chi connectivity index (χ2v) is 3.90. The number of benzene rings is 1. The fourth-order valence-corrected chi connectivity index (χ4v) is 1.46. The molecule has 2 aromatic rings. The van der Waals surface area contributed by atoms with Gasteiger partial charge in [0.05, 0.1) is 13.2 Å². The molecule has 0 radical (unpaired) electrons. The van der Waals surface area contributed by atoms with E-state index < -0.39 is 18.5 Å². The lowest BCUT2D eigenvalue weighted by molar-refractivity contribution is -0.139. The fourth-order valence-electron chi connectivity index (χ4n) is 1.46. The number of aromatic nitrogens is 1. The van der Waals surface area contributed by atoms with Crippen LogP contribution in [-0.2, 0) is 4.79 Å². The molecule has 0 aliphatic heterocycles. The maximum Gasteiger partial charge on any atom is 0.341 e. The summed E-state index contributed by atoms with van der Waals surface area (Å²) in [6.45, 7) is -0.462. The minimum absolute atomic E-state index is 0.0105. The van der Waals surface area contributed by atoms with Crippen molar-refractivity contribution >= 4 is 17.6 Å². The molecule has 8 heteroatoms. The van der Waals surface area contributed by atoms with Gasteiger partial charge >= 0.3 is 5.97 Å². The third-order valence-electron chi connectivity index (χ3n) is 2.38. The Labute approximate surface area is 119 Å². The standard InChI is InChI=1S/C13H12N2O6/c1-19-11-6-10(21-15-11)13(18)14-8-3-2-4-9(5-8)20-7-12(16)17/h2-6H,7H2,1H3,(H,14,18)(H,16,17). The highest BCUT2D eigenvalue weighted by atomic mass is 16.5. The number of carboxylic acids is 1. The van der Waals surface area contributed by atoms with Crippen molar-refractivity contribution in [1.29, 1.82) is 0 Å². The monoisotopic (exact) mass is 292 g/mol. The van der Waals surface area contributed by atoms with Crippen LogP contribution in [0.4, 0.5) is 5.69 Å². The minimum atomic E-state index is -1.09. The number of carbonyl (C=O) groups excluding carboxylic acids is 1. The number of carbonyl (C=O) groups is 2. The van der Waals surface area contributed by atoms with Gasteiger partial charge in [0, 0.05) is 11.8 Å². The molecule has 1 heterocycles. The Balaban J connectivity index is 2.03. The van der Waals surface area contributed by atoms with Crippen LogP contribution in [0, 0.1) is 0 Å². The van der Waals surface area contributed by atoms with Gasteiger partial charge in [-0.25, -0.2) is 4.79 Å². The van der Waals surface area contributed by atoms with Gasteiger partial charge in [0.25, 0.3) is 11.8 Å². The highest BCUT2D eigenvalue weighted by Crippen LogP contribution is 2.19. The summed E-state index contributed by atoms with van der Waals surface area (Å²) in [7, 11) is 1.41. The van der Waals surface area contributed by atoms with Gasteiger partial charge in [-0.05, 0) is 17.3 Å². The number of anilines is 1. The van der Waals surface area contributed by atoms with Gasteiger partial charge in [0.1, 0.15) is 5.75 Å². The maximum atomic E-state index is 11.9. The van der Waals surface area contributed by atoms with E-state index in [9.17, 15) is 9.59 Å². The van der Waals surface area contributed by atoms with Gasteiger partial charge in [-0.15, -0.1) is 0 Å². The summed E-state index contributed by atoms with van der Waals surface area (Å²) in [5, 5.41) is 14.6. The second-order valence-electron chi connectivity index (χ2n) is 3.90. The van der Waals surface area contributed by atoms with Crippen LogP contribution < -0.4 is 14.8 Å². The van der Waals surface area contributed by atoms with E-state index in [1.54, 1.807) is 18.2 Å². The van der Waals surface area contributed by atoms with E-state index in [1.807, 2.05) is 0 Å². The third kappa shape index (κ3) is 3.96. The van der Waals surface area contributed by atoms with Crippen molar-refractivity contribution in [3.05, 3.63) is 36.1 Å². The topological polar surface area (TPSA) is 111 Å². The van der Waals surface area contributed by atoms with E-state index in [-0.39, 0.29) is 11.6 Å². The van der Waals surface area contributed by atoms with E-state index in [0.717, 1.165) is 0 Å². The molecule has 0 aliphatic rings. The Morgan fingerprint density at radius 1 is 1.38 bits per heavy atom. The first-order valence-corrected chi connectivity index (χ1v) is 5.85. The van der Waals surface area contributed by atoms with Crippen LogP contribution >= 0.6 is 0 Å². The minimum Gasteiger partial charge on any atom is -0.482 e. The number of nitrogens with zero attached hydrogens (tertiary/aromatic N) is 1. The van der Waals surface area contributed by atoms with Crippen LogP contribution in [0.1, 0.15) is 10.6 Å². The van der Waals surface area contributed by atoms with Crippen molar-refractivity contribution in [1.82, 2.24) is 5.16 Å². The van der Waals surface area contributed by atoms with Gasteiger partial charge in [-0.3, -0.25) is 4.79 Å². The van der Waals surface area contributed by atoms with Gasteiger partial charge < -0.3 is 24.4 Å². The molecule has 21 heavy (non-hydrogen) atoms. The zero-order valence-corrected chi connectivity index (χ0v) is 11.0. The van der Waals surface area contributed by atoms with Crippen molar-refractivity contribution in [2.24, 2.45) is 0 Å². The summed E-state index contributed by atoms with van der Waals surface area (Å²) in [6.07, 6.45) is 0. The van der Waals surface area contributed by atoms with Crippen LogP contribution in [0.3, 0.4) is 0 Å². The molecule has 1 amide bonds. The molecule has 2 rings (SSSR count). The van der Waals surface area contributed by atoms with E-state index in [4.69, 9.17) is 19.1 Å². The number of aliphatic carboxylic acids is 1. The fraction of sp³-hybridized carbons (Fsp3) is 0.154. The Hall–Kier alpha value is -3.03. The number of hydrogen-bond acceptors (Lipinski definition) is 6. The normalized spacial score (nSPS) is 9.95. The first-order chi connectivity index (χ1) is 10.1. The maximum absolute atomic E-state index is 11.9. The summed E-state index contributed by atoms with van der Waals surface area (Å²) >= 11 is 0. The number of carboxylic acid groups (broad SMARTS) is 1. The van der Waals surface area contributed by atoms with Gasteiger partial charge in [-0.1, -0.05) is 6.07 Å². The summed E-state index contributed by atoms with van der Waals surface area (Å²) in [4.78, 5) is 22.3. The molecule has 110 valence electrons. The smallest absolute Gasteiger partial charge is 0.341 e. The predicted molar refractivity (Wildman–Crippen MR) is 70.6 cm³/mol. The molecule has 0 unspecified atom stereocenters. The highest BCUT2D eigenvalue weighted by Gasteiger charge is 2.13. The molecular formula is C13H12N2O6. The molecule has 1 aromatic carbocycles. The Bertz CT molecular complexity index is 652. The third-order valence-corrected chi connectivity index (χ3v) is 2.38. The van der Waals surface area contributed by atoms with Crippen LogP contribution in [0.2, 0.25) is 0 Å². The van der Waals surface area contributed by atoms with Crippen molar-refractivity contribution in [3.8, 4) is 11.6 Å². The molecule has 8 nitrogen and oxygen atoms in total. The first kappa shape index (κ1) is 14.4. The summed E-state index contributed by atoms with van der Waals surface area (Å²) in [5.41, 5.74) is 0.429. The number of amides is 1. The lowest BCUT2D eigenvalue weighted by atomic mass is 10.3. The zero-order valence-electron chi connectivity index (χ0n) is 11.0. The number of rotatable bonds is 6. The Morgan fingerprint density at radius 3 is 2.86 bits per heavy atom. The zero-order chi connectivity index (χ0) is 15.2. The lowest BCUT2D eigenvalue weighted by Crippen LogP contribution is -2.12. The molecule has 0 spiro atoms. The average Bonchev–Trinajstić information content (AvgIpc) is 2.94. The van der Waals surface area contributed by atoms with E-state index in [2.05, 4.69) is 10.5 Å². The second kappa shape index (κ2) is 6.42. The summed E-state index contributed by atoms with van der Waals surface area (Å²) in [5.74, 6) is -1.09. The number of nitrogens with one attached hydrogen (secondary N) is 1. The van der Waals surface area contributed by atoms with Gasteiger partial charge in [-0.2, -0.15) is 0 Å². The largest absolute Gasteiger partial charge is 0.482 e. The Kier molecular flexibility index (Phi) is 4.39. The number of ether oxygens (including phenoxy) is 2. The van der Waals surface area contributed by atoms with Crippen molar-refractivity contribution in [3.63, 3.8) is 0 Å². The van der Waals surface area contributed by atoms with Crippen molar-refractivity contribution < 1.29 is 28.7 Å². The Morgan fingerprint density at radius 2 is 2.19 bits per heavy atom. The van der Waals surface area contributed by atoms with Crippen LogP contribution in [0.25, 0.3) is 0 Å². The van der Waals surface area contributed by atoms with Gasteiger partial charge in [0.2, 0.25) is 5.76 Å². The van der Waals surface area contributed by atoms with E-state index in [1.165, 1.54) is 19.2 Å². The molecule has 1 aromatic heterocycles. The molecule has 0 fully saturated rings. The molecule has 0 saturated heterocycles. The van der Waals surface area contributed by atoms with Crippen LogP contribution in [0.5, 0.6) is 11.6 Å². The quantitative estimate of drug-likeness (QED) is 0.827. The van der Waals surface area contributed by atoms with Crippen molar-refractivity contribution in [2.45, 2.75) is 0 Å². The molecule has 0 atom stereocenters. The molecule has 0 saturated carbocycles. The van der Waals surface area contributed by atoms with Gasteiger partial charge in [0.15, 0.2) is 6.61 Å². The highest BCUT2D eigenvalue weighted by molar-refractivity contribution is 6.02. The molecule has 2 N–H and O–H groups in total. The number of hydrogen-bond donors (Lipinski definition) is 2. The van der Waals surface area contributed by atoms with Crippen LogP contribution in [-0.4, -0.2) is 35.9 Å². The first-order valence-electron chi connectivity index (χ1n) is 5.85. The molecule has 0 aliphatic carbocycles. The lowest BCUT2D eigenvalue weighted by Gasteiger charge is -2.06. The van der Waals surface area contributed by atoms with Crippen molar-refractivity contribution in [2.75, 3.05) is 19.0 Å². The summed E-state index contributed by atoms with van der Waals surface area (Å²) < 4.78 is 14.6.